The van der Waals surface area contributed by atoms with E-state index in [4.69, 9.17) is 14.2 Å². The van der Waals surface area contributed by atoms with Gasteiger partial charge in [0, 0.05) is 43.4 Å². The number of ketones is 1. The van der Waals surface area contributed by atoms with Crippen LogP contribution in [0, 0.1) is 5.82 Å². The van der Waals surface area contributed by atoms with E-state index in [1.165, 1.54) is 43.4 Å². The van der Waals surface area contributed by atoms with E-state index in [0.717, 1.165) is 13.1 Å². The molecule has 2 aromatic carbocycles. The molecule has 2 fully saturated rings. The number of methoxy groups -OCH3 is 2. The van der Waals surface area contributed by atoms with Crippen LogP contribution >= 0.6 is 0 Å². The molecule has 0 saturated carbocycles. The Morgan fingerprint density at radius 2 is 1.76 bits per heavy atom. The fourth-order valence-electron chi connectivity index (χ4n) is 4.32. The molecule has 1 amide bonds. The quantitative estimate of drug-likeness (QED) is 0.378. The van der Waals surface area contributed by atoms with E-state index < -0.39 is 23.5 Å². The Labute approximate surface area is 197 Å². The van der Waals surface area contributed by atoms with Gasteiger partial charge in [-0.1, -0.05) is 0 Å². The molecular formula is C25H27FN2O6. The van der Waals surface area contributed by atoms with Crippen molar-refractivity contribution in [1.82, 2.24) is 9.80 Å². The zero-order valence-corrected chi connectivity index (χ0v) is 19.1. The van der Waals surface area contributed by atoms with Gasteiger partial charge in [0.2, 0.25) is 0 Å². The largest absolute Gasteiger partial charge is 0.507 e. The summed E-state index contributed by atoms with van der Waals surface area (Å²) in [6.07, 6.45) is 0. The van der Waals surface area contributed by atoms with Crippen molar-refractivity contribution in [2.24, 2.45) is 0 Å². The molecule has 0 spiro atoms. The van der Waals surface area contributed by atoms with Gasteiger partial charge in [0.25, 0.3) is 11.7 Å². The second kappa shape index (κ2) is 10.2. The Morgan fingerprint density at radius 1 is 1.06 bits per heavy atom. The van der Waals surface area contributed by atoms with Crippen molar-refractivity contribution in [2.45, 2.75) is 6.04 Å². The smallest absolute Gasteiger partial charge is 0.295 e. The summed E-state index contributed by atoms with van der Waals surface area (Å²) in [5, 5.41) is 11.1. The number of hydrogen-bond donors (Lipinski definition) is 1. The minimum atomic E-state index is -0.882. The van der Waals surface area contributed by atoms with Crippen molar-refractivity contribution >= 4 is 17.4 Å². The summed E-state index contributed by atoms with van der Waals surface area (Å²) in [6.45, 7) is 3.50. The van der Waals surface area contributed by atoms with Crippen molar-refractivity contribution in [3.8, 4) is 11.5 Å². The highest BCUT2D eigenvalue weighted by Gasteiger charge is 2.47. The molecule has 9 heteroatoms. The molecule has 2 aromatic rings. The molecule has 2 heterocycles. The zero-order valence-electron chi connectivity index (χ0n) is 19.1. The van der Waals surface area contributed by atoms with E-state index in [9.17, 15) is 19.1 Å². The van der Waals surface area contributed by atoms with Crippen LogP contribution in [0.2, 0.25) is 0 Å². The fourth-order valence-corrected chi connectivity index (χ4v) is 4.32. The molecule has 4 rings (SSSR count). The number of likely N-dealkylation sites (tertiary alicyclic amines) is 1. The number of aliphatic hydroxyl groups is 1. The highest BCUT2D eigenvalue weighted by molar-refractivity contribution is 6.46. The Morgan fingerprint density at radius 3 is 2.41 bits per heavy atom. The van der Waals surface area contributed by atoms with E-state index in [-0.39, 0.29) is 23.4 Å². The summed E-state index contributed by atoms with van der Waals surface area (Å²) in [5.74, 6) is -1.39. The van der Waals surface area contributed by atoms with E-state index >= 15 is 0 Å². The standard InChI is InChI=1S/C25H27FN2O6/c1-32-18-7-8-19(20(15-18)33-2)22-21(23(29)16-3-5-17(26)6-4-16)24(30)25(31)28(22)10-9-27-11-13-34-14-12-27/h3-8,15,22,29H,9-14H2,1-2H3/t22-/m1/s1. The van der Waals surface area contributed by atoms with Gasteiger partial charge in [0.05, 0.1) is 39.0 Å². The summed E-state index contributed by atoms with van der Waals surface area (Å²) >= 11 is 0. The molecule has 0 bridgehead atoms. The van der Waals surface area contributed by atoms with E-state index in [1.807, 2.05) is 0 Å². The third-order valence-electron chi connectivity index (χ3n) is 6.15. The van der Waals surface area contributed by atoms with E-state index in [1.54, 1.807) is 18.2 Å². The average molecular weight is 470 g/mol. The van der Waals surface area contributed by atoms with Crippen LogP contribution in [-0.4, -0.2) is 80.2 Å². The number of carbonyl (C=O) groups excluding carboxylic acids is 2. The lowest BCUT2D eigenvalue weighted by Gasteiger charge is -2.31. The molecule has 0 unspecified atom stereocenters. The summed E-state index contributed by atoms with van der Waals surface area (Å²) in [5.41, 5.74) is 0.709. The fraction of sp³-hybridized carbons (Fsp3) is 0.360. The predicted molar refractivity (Wildman–Crippen MR) is 122 cm³/mol. The number of aliphatic hydroxyl groups excluding tert-OH is 1. The summed E-state index contributed by atoms with van der Waals surface area (Å²) in [7, 11) is 3.01. The van der Waals surface area contributed by atoms with Gasteiger partial charge >= 0.3 is 0 Å². The van der Waals surface area contributed by atoms with Crippen molar-refractivity contribution in [2.75, 3.05) is 53.6 Å². The van der Waals surface area contributed by atoms with Crippen LogP contribution in [0.1, 0.15) is 17.2 Å². The molecule has 2 aliphatic heterocycles. The Bertz CT molecular complexity index is 1100. The SMILES string of the molecule is COc1ccc([C@@H]2C(=C(O)c3ccc(F)cc3)C(=O)C(=O)N2CCN2CCOCC2)c(OC)c1. The molecule has 1 atom stereocenters. The van der Waals surface area contributed by atoms with Crippen LogP contribution in [0.25, 0.3) is 5.76 Å². The number of ether oxygens (including phenoxy) is 3. The Hall–Kier alpha value is -3.43. The monoisotopic (exact) mass is 470 g/mol. The van der Waals surface area contributed by atoms with Gasteiger partial charge in [0.1, 0.15) is 23.1 Å². The number of nitrogens with zero attached hydrogens (tertiary/aromatic N) is 2. The number of rotatable bonds is 7. The van der Waals surface area contributed by atoms with Gasteiger partial charge in [-0.3, -0.25) is 14.5 Å². The van der Waals surface area contributed by atoms with Crippen LogP contribution in [-0.2, 0) is 14.3 Å². The molecule has 0 aliphatic carbocycles. The highest BCUT2D eigenvalue weighted by atomic mass is 19.1. The first-order chi connectivity index (χ1) is 16.4. The van der Waals surface area contributed by atoms with Gasteiger partial charge < -0.3 is 24.2 Å². The van der Waals surface area contributed by atoms with Crippen LogP contribution < -0.4 is 9.47 Å². The van der Waals surface area contributed by atoms with Crippen LogP contribution in [0.5, 0.6) is 11.5 Å². The van der Waals surface area contributed by atoms with Gasteiger partial charge in [-0.15, -0.1) is 0 Å². The van der Waals surface area contributed by atoms with Crippen LogP contribution in [0.3, 0.4) is 0 Å². The molecule has 2 aliphatic rings. The number of Topliss-reactive ketones (excluding diaryl/α,β-unsaturated/α-hetero) is 1. The third kappa shape index (κ3) is 4.62. The summed E-state index contributed by atoms with van der Waals surface area (Å²) in [4.78, 5) is 29.9. The number of halogens is 1. The molecule has 34 heavy (non-hydrogen) atoms. The molecule has 8 nitrogen and oxygen atoms in total. The molecule has 0 aromatic heterocycles. The van der Waals surface area contributed by atoms with E-state index in [0.29, 0.717) is 36.8 Å². The predicted octanol–water partition coefficient (Wildman–Crippen LogP) is 2.60. The minimum Gasteiger partial charge on any atom is -0.507 e. The maximum Gasteiger partial charge on any atom is 0.295 e. The first-order valence-corrected chi connectivity index (χ1v) is 11.0. The number of benzene rings is 2. The number of hydrogen-bond acceptors (Lipinski definition) is 7. The van der Waals surface area contributed by atoms with Crippen molar-refractivity contribution in [1.29, 1.82) is 0 Å². The Balaban J connectivity index is 1.79. The minimum absolute atomic E-state index is 0.0675. The highest BCUT2D eigenvalue weighted by Crippen LogP contribution is 2.43. The Kier molecular flexibility index (Phi) is 7.14. The topological polar surface area (TPSA) is 88.5 Å². The maximum absolute atomic E-state index is 13.4. The lowest BCUT2D eigenvalue weighted by Crippen LogP contribution is -2.42. The van der Waals surface area contributed by atoms with Gasteiger partial charge in [0.15, 0.2) is 0 Å². The first kappa shape index (κ1) is 23.7. The molecule has 180 valence electrons. The normalized spacial score (nSPS) is 20.6. The third-order valence-corrected chi connectivity index (χ3v) is 6.15. The maximum atomic E-state index is 13.4. The summed E-state index contributed by atoms with van der Waals surface area (Å²) in [6, 6.07) is 9.31. The van der Waals surface area contributed by atoms with Gasteiger partial charge in [-0.05, 0) is 36.4 Å². The molecule has 2 saturated heterocycles. The first-order valence-electron chi connectivity index (χ1n) is 11.0. The van der Waals surface area contributed by atoms with Crippen molar-refractivity contribution < 1.29 is 33.3 Å². The lowest BCUT2D eigenvalue weighted by atomic mass is 9.94. The zero-order chi connectivity index (χ0) is 24.2. The average Bonchev–Trinajstić information content (AvgIpc) is 3.12. The van der Waals surface area contributed by atoms with Gasteiger partial charge in [-0.2, -0.15) is 0 Å². The lowest BCUT2D eigenvalue weighted by molar-refractivity contribution is -0.140. The number of amides is 1. The van der Waals surface area contributed by atoms with Crippen molar-refractivity contribution in [3.63, 3.8) is 0 Å². The molecule has 1 N–H and O–H groups in total. The van der Waals surface area contributed by atoms with Crippen LogP contribution in [0.15, 0.2) is 48.0 Å². The van der Waals surface area contributed by atoms with Crippen molar-refractivity contribution in [3.05, 3.63) is 65.0 Å². The second-order valence-electron chi connectivity index (χ2n) is 8.06. The van der Waals surface area contributed by atoms with Gasteiger partial charge in [-0.25, -0.2) is 4.39 Å². The number of morpholine rings is 1. The molecular weight excluding hydrogens is 443 g/mol. The van der Waals surface area contributed by atoms with E-state index in [2.05, 4.69) is 4.90 Å². The molecule has 0 radical (unpaired) electrons. The van der Waals surface area contributed by atoms with Crippen LogP contribution in [0.4, 0.5) is 4.39 Å². The number of carbonyl (C=O) groups is 2. The summed E-state index contributed by atoms with van der Waals surface area (Å²) < 4.78 is 29.7. The second-order valence-corrected chi connectivity index (χ2v) is 8.06.